The molecule has 0 fully saturated rings. The molecule has 0 atom stereocenters. The highest BCUT2D eigenvalue weighted by molar-refractivity contribution is 7.99. The summed E-state index contributed by atoms with van der Waals surface area (Å²) in [6, 6.07) is 0. The first kappa shape index (κ1) is 13.3. The largest absolute Gasteiger partial charge is 0.481 e. The molecule has 0 spiro atoms. The Morgan fingerprint density at radius 2 is 2.24 bits per heavy atom. The maximum Gasteiger partial charge on any atom is 0.313 e. The van der Waals surface area contributed by atoms with Crippen molar-refractivity contribution in [2.75, 3.05) is 18.6 Å². The van der Waals surface area contributed by atoms with Crippen molar-refractivity contribution in [1.82, 2.24) is 14.8 Å². The molecule has 8 nitrogen and oxygen atoms in total. The van der Waals surface area contributed by atoms with Crippen LogP contribution in [0.1, 0.15) is 6.42 Å². The van der Waals surface area contributed by atoms with Gasteiger partial charge in [-0.1, -0.05) is 11.8 Å². The summed E-state index contributed by atoms with van der Waals surface area (Å²) >= 11 is 0.993. The number of hydrogen-bond donors (Lipinski definition) is 2. The summed E-state index contributed by atoms with van der Waals surface area (Å²) < 4.78 is 5.97. The highest BCUT2D eigenvalue weighted by Gasteiger charge is 2.13. The van der Waals surface area contributed by atoms with E-state index in [1.165, 1.54) is 11.7 Å². The van der Waals surface area contributed by atoms with Gasteiger partial charge in [-0.05, 0) is 0 Å². The lowest BCUT2D eigenvalue weighted by molar-refractivity contribution is -0.141. The van der Waals surface area contributed by atoms with E-state index in [9.17, 15) is 9.59 Å². The Kier molecular flexibility index (Phi) is 4.76. The van der Waals surface area contributed by atoms with Crippen LogP contribution >= 0.6 is 11.8 Å². The molecule has 0 saturated heterocycles. The number of rotatable bonds is 6. The first-order valence-electron chi connectivity index (χ1n) is 4.64. The molecule has 0 saturated carbocycles. The molecule has 0 aromatic carbocycles. The number of esters is 1. The van der Waals surface area contributed by atoms with E-state index in [2.05, 4.69) is 14.9 Å². The topological polar surface area (TPSA) is 120 Å². The van der Waals surface area contributed by atoms with Gasteiger partial charge in [-0.25, -0.2) is 0 Å². The number of anilines is 1. The van der Waals surface area contributed by atoms with E-state index in [1.807, 2.05) is 0 Å². The highest BCUT2D eigenvalue weighted by Crippen LogP contribution is 2.18. The molecule has 1 heterocycles. The van der Waals surface area contributed by atoms with Gasteiger partial charge in [0.1, 0.15) is 0 Å². The lowest BCUT2D eigenvalue weighted by atomic mass is 10.4. The van der Waals surface area contributed by atoms with Crippen molar-refractivity contribution >= 4 is 29.6 Å². The summed E-state index contributed by atoms with van der Waals surface area (Å²) in [4.78, 5) is 21.4. The summed E-state index contributed by atoms with van der Waals surface area (Å²) in [5, 5.41) is 16.3. The molecule has 0 unspecified atom stereocenters. The van der Waals surface area contributed by atoms with Gasteiger partial charge in [-0.3, -0.25) is 14.2 Å². The van der Waals surface area contributed by atoms with Crippen LogP contribution in [-0.4, -0.2) is 44.7 Å². The Hall–Kier alpha value is -1.77. The SMILES string of the molecule is COC(=O)CCn1c(N)nnc1SCC(=O)O. The van der Waals surface area contributed by atoms with E-state index in [4.69, 9.17) is 10.8 Å². The lowest BCUT2D eigenvalue weighted by Crippen LogP contribution is -2.11. The summed E-state index contributed by atoms with van der Waals surface area (Å²) in [5.41, 5.74) is 5.55. The van der Waals surface area contributed by atoms with Crippen molar-refractivity contribution in [3.05, 3.63) is 0 Å². The van der Waals surface area contributed by atoms with Gasteiger partial charge in [0.15, 0.2) is 5.16 Å². The zero-order chi connectivity index (χ0) is 12.8. The predicted molar refractivity (Wildman–Crippen MR) is 59.4 cm³/mol. The second-order valence-electron chi connectivity index (χ2n) is 3.00. The van der Waals surface area contributed by atoms with Gasteiger partial charge in [0, 0.05) is 6.54 Å². The summed E-state index contributed by atoms with van der Waals surface area (Å²) in [7, 11) is 1.29. The summed E-state index contributed by atoms with van der Waals surface area (Å²) in [6.45, 7) is 0.257. The fraction of sp³-hybridized carbons (Fsp3) is 0.500. The number of methoxy groups -OCH3 is 1. The minimum absolute atomic E-state index is 0.124. The first-order chi connectivity index (χ1) is 8.04. The van der Waals surface area contributed by atoms with Crippen molar-refractivity contribution < 1.29 is 19.4 Å². The van der Waals surface area contributed by atoms with E-state index in [0.29, 0.717) is 5.16 Å². The average Bonchev–Trinajstić information content (AvgIpc) is 2.64. The van der Waals surface area contributed by atoms with Gasteiger partial charge in [0.2, 0.25) is 5.95 Å². The molecule has 0 bridgehead atoms. The molecule has 1 aromatic rings. The first-order valence-corrected chi connectivity index (χ1v) is 5.63. The van der Waals surface area contributed by atoms with Gasteiger partial charge in [-0.15, -0.1) is 10.2 Å². The second kappa shape index (κ2) is 6.09. The molecule has 1 rings (SSSR count). The number of aromatic nitrogens is 3. The number of nitrogens with zero attached hydrogens (tertiary/aromatic N) is 3. The molecule has 17 heavy (non-hydrogen) atoms. The van der Waals surface area contributed by atoms with Crippen molar-refractivity contribution in [3.8, 4) is 0 Å². The quantitative estimate of drug-likeness (QED) is 0.523. The van der Waals surface area contributed by atoms with Crippen LogP contribution in [0, 0.1) is 0 Å². The maximum atomic E-state index is 11.0. The molecule has 94 valence electrons. The third-order valence-corrected chi connectivity index (χ3v) is 2.79. The number of nitrogens with two attached hydrogens (primary N) is 1. The number of carbonyl (C=O) groups is 2. The molecule has 0 radical (unpaired) electrons. The molecular formula is C8H12N4O4S. The van der Waals surface area contributed by atoms with Gasteiger partial charge in [0.25, 0.3) is 0 Å². The van der Waals surface area contributed by atoms with Crippen molar-refractivity contribution in [1.29, 1.82) is 0 Å². The van der Waals surface area contributed by atoms with E-state index >= 15 is 0 Å². The van der Waals surface area contributed by atoms with Crippen LogP contribution in [0.3, 0.4) is 0 Å². The van der Waals surface area contributed by atoms with Crippen LogP contribution in [-0.2, 0) is 20.9 Å². The number of carboxylic acids is 1. The van der Waals surface area contributed by atoms with Crippen molar-refractivity contribution in [2.45, 2.75) is 18.1 Å². The average molecular weight is 260 g/mol. The molecule has 1 aromatic heterocycles. The van der Waals surface area contributed by atoms with Crippen LogP contribution in [0.15, 0.2) is 5.16 Å². The number of hydrogen-bond acceptors (Lipinski definition) is 7. The fourth-order valence-electron chi connectivity index (χ4n) is 1.05. The third-order valence-electron chi connectivity index (χ3n) is 1.84. The minimum atomic E-state index is -0.962. The lowest BCUT2D eigenvalue weighted by Gasteiger charge is -2.05. The van der Waals surface area contributed by atoms with Crippen LogP contribution < -0.4 is 5.73 Å². The number of ether oxygens (including phenoxy) is 1. The smallest absolute Gasteiger partial charge is 0.313 e. The van der Waals surface area contributed by atoms with E-state index in [0.717, 1.165) is 11.8 Å². The third kappa shape index (κ3) is 3.94. The standard InChI is InChI=1S/C8H12N4O4S/c1-16-6(15)2-3-12-7(9)10-11-8(12)17-4-5(13)14/h2-4H2,1H3,(H2,9,10)(H,13,14). The second-order valence-corrected chi connectivity index (χ2v) is 3.94. The molecule has 0 aliphatic heterocycles. The number of nitrogen functional groups attached to an aromatic ring is 1. The van der Waals surface area contributed by atoms with Crippen molar-refractivity contribution in [3.63, 3.8) is 0 Å². The van der Waals surface area contributed by atoms with E-state index < -0.39 is 5.97 Å². The molecular weight excluding hydrogens is 248 g/mol. The molecule has 3 N–H and O–H groups in total. The summed E-state index contributed by atoms with van der Waals surface area (Å²) in [5.74, 6) is -1.35. The summed E-state index contributed by atoms with van der Waals surface area (Å²) in [6.07, 6.45) is 0.124. The predicted octanol–water partition coefficient (Wildman–Crippen LogP) is -0.400. The normalized spacial score (nSPS) is 10.2. The number of aliphatic carboxylic acids is 1. The van der Waals surface area contributed by atoms with Crippen molar-refractivity contribution in [2.24, 2.45) is 0 Å². The zero-order valence-electron chi connectivity index (χ0n) is 9.12. The molecule has 9 heteroatoms. The van der Waals surface area contributed by atoms with Gasteiger partial charge in [0.05, 0.1) is 19.3 Å². The van der Waals surface area contributed by atoms with E-state index in [-0.39, 0.29) is 30.6 Å². The Morgan fingerprint density at radius 1 is 1.53 bits per heavy atom. The van der Waals surface area contributed by atoms with Gasteiger partial charge in [-0.2, -0.15) is 0 Å². The Morgan fingerprint density at radius 3 is 2.82 bits per heavy atom. The number of carbonyl (C=O) groups excluding carboxylic acids is 1. The Bertz CT molecular complexity index is 420. The van der Waals surface area contributed by atoms with E-state index in [1.54, 1.807) is 0 Å². The number of thioether (sulfide) groups is 1. The van der Waals surface area contributed by atoms with Gasteiger partial charge >= 0.3 is 11.9 Å². The maximum absolute atomic E-state index is 11.0. The Balaban J connectivity index is 2.65. The van der Waals surface area contributed by atoms with Crippen LogP contribution in [0.5, 0.6) is 0 Å². The van der Waals surface area contributed by atoms with Crippen LogP contribution in [0.25, 0.3) is 0 Å². The van der Waals surface area contributed by atoms with Crippen LogP contribution in [0.4, 0.5) is 5.95 Å². The van der Waals surface area contributed by atoms with Gasteiger partial charge < -0.3 is 15.6 Å². The Labute approximate surface area is 101 Å². The molecule has 0 aliphatic rings. The number of carboxylic acid groups (broad SMARTS) is 1. The molecule has 0 amide bonds. The molecule has 0 aliphatic carbocycles. The highest BCUT2D eigenvalue weighted by atomic mass is 32.2. The van der Waals surface area contributed by atoms with Crippen LogP contribution in [0.2, 0.25) is 0 Å². The monoisotopic (exact) mass is 260 g/mol. The fourth-order valence-corrected chi connectivity index (χ4v) is 1.74. The minimum Gasteiger partial charge on any atom is -0.481 e. The zero-order valence-corrected chi connectivity index (χ0v) is 9.94.